The Labute approximate surface area is 112 Å². The van der Waals surface area contributed by atoms with Crippen LogP contribution in [0.25, 0.3) is 5.65 Å². The van der Waals surface area contributed by atoms with Crippen molar-refractivity contribution >= 4 is 19.2 Å². The number of alkyl halides is 1. The van der Waals surface area contributed by atoms with Crippen molar-refractivity contribution in [3.8, 4) is 0 Å². The molecule has 2 aromatic heterocycles. The Morgan fingerprint density at radius 1 is 1.50 bits per heavy atom. The van der Waals surface area contributed by atoms with Gasteiger partial charge in [0.2, 0.25) is 5.95 Å². The largest absolute Gasteiger partial charge is 0.368 e. The second-order valence-electron chi connectivity index (χ2n) is 4.08. The molecule has 110 valence electrons. The van der Waals surface area contributed by atoms with Gasteiger partial charge in [-0.05, 0) is 0 Å². The Morgan fingerprint density at radius 2 is 2.25 bits per heavy atom. The average molecular weight is 305 g/mol. The molecule has 2 rings (SSSR count). The molecule has 0 unspecified atom stereocenters. The minimum Gasteiger partial charge on any atom is -0.368 e. The number of fused-ring (bicyclic) bond motifs is 1. The van der Waals surface area contributed by atoms with Crippen LogP contribution in [0.5, 0.6) is 0 Å². The summed E-state index contributed by atoms with van der Waals surface area (Å²) in [5, 5.41) is 3.95. The second-order valence-corrected chi connectivity index (χ2v) is 5.67. The van der Waals surface area contributed by atoms with Gasteiger partial charge in [0.1, 0.15) is 19.3 Å². The maximum absolute atomic E-state index is 12.8. The molecule has 0 amide bonds. The third-order valence-corrected chi connectivity index (χ3v) is 2.99. The fourth-order valence-electron chi connectivity index (χ4n) is 1.63. The van der Waals surface area contributed by atoms with Gasteiger partial charge >= 0.3 is 7.60 Å². The van der Waals surface area contributed by atoms with Crippen molar-refractivity contribution in [2.45, 2.75) is 12.5 Å². The Balaban J connectivity index is 2.14. The summed E-state index contributed by atoms with van der Waals surface area (Å²) in [6, 6.07) is 0. The first-order valence-electron chi connectivity index (χ1n) is 5.56. The fourth-order valence-corrected chi connectivity index (χ4v) is 2.03. The Bertz CT molecular complexity index is 644. The van der Waals surface area contributed by atoms with E-state index in [1.807, 2.05) is 0 Å². The van der Waals surface area contributed by atoms with Crippen LogP contribution in [-0.4, -0.2) is 48.5 Å². The van der Waals surface area contributed by atoms with Gasteiger partial charge in [0, 0.05) is 12.0 Å². The summed E-state index contributed by atoms with van der Waals surface area (Å²) < 4.78 is 29.7. The predicted octanol–water partition coefficient (Wildman–Crippen LogP) is -0.261. The Morgan fingerprint density at radius 3 is 2.90 bits per heavy atom. The molecular weight excluding hydrogens is 292 g/mol. The molecule has 11 heteroatoms. The molecule has 0 radical (unpaired) electrons. The van der Waals surface area contributed by atoms with Crippen LogP contribution >= 0.6 is 7.60 Å². The predicted molar refractivity (Wildman–Crippen MR) is 66.7 cm³/mol. The highest BCUT2D eigenvalue weighted by Gasteiger charge is 2.20. The smallest absolute Gasteiger partial charge is 0.350 e. The molecule has 20 heavy (non-hydrogen) atoms. The first-order chi connectivity index (χ1) is 9.40. The van der Waals surface area contributed by atoms with Gasteiger partial charge < -0.3 is 20.3 Å². The van der Waals surface area contributed by atoms with Crippen LogP contribution in [0.1, 0.15) is 5.56 Å². The van der Waals surface area contributed by atoms with Crippen molar-refractivity contribution in [3.63, 3.8) is 0 Å². The van der Waals surface area contributed by atoms with Gasteiger partial charge in [0.15, 0.2) is 5.65 Å². The van der Waals surface area contributed by atoms with E-state index in [9.17, 15) is 8.96 Å². The standard InChI is InChI=1S/C9H13FN5O4P/c10-2-7(19-5-20(16,17)18)1-6-3-14-15-8(6)12-4-13-9(15)11/h3-4,7H,1-2,5H2,(H2,11,12,13)(H2,16,17,18)/t7-/m1/s1. The summed E-state index contributed by atoms with van der Waals surface area (Å²) in [6.45, 7) is -0.891. The maximum atomic E-state index is 12.8. The van der Waals surface area contributed by atoms with Crippen LogP contribution in [0.3, 0.4) is 0 Å². The monoisotopic (exact) mass is 305 g/mol. The molecule has 2 aromatic rings. The van der Waals surface area contributed by atoms with E-state index in [1.54, 1.807) is 0 Å². The zero-order valence-corrected chi connectivity index (χ0v) is 11.2. The highest BCUT2D eigenvalue weighted by atomic mass is 31.2. The van der Waals surface area contributed by atoms with E-state index < -0.39 is 26.7 Å². The zero-order valence-electron chi connectivity index (χ0n) is 10.3. The lowest BCUT2D eigenvalue weighted by Crippen LogP contribution is -2.19. The van der Waals surface area contributed by atoms with Crippen LogP contribution < -0.4 is 5.73 Å². The summed E-state index contributed by atoms with van der Waals surface area (Å²) >= 11 is 0. The minimum absolute atomic E-state index is 0.0659. The number of aromatic nitrogens is 4. The van der Waals surface area contributed by atoms with Crippen molar-refractivity contribution < 1.29 is 23.5 Å². The molecule has 0 bridgehead atoms. The minimum atomic E-state index is -4.33. The van der Waals surface area contributed by atoms with E-state index in [4.69, 9.17) is 20.3 Å². The zero-order chi connectivity index (χ0) is 14.8. The molecule has 2 heterocycles. The summed E-state index contributed by atoms with van der Waals surface area (Å²) in [4.78, 5) is 25.1. The van der Waals surface area contributed by atoms with Gasteiger partial charge in [-0.15, -0.1) is 0 Å². The van der Waals surface area contributed by atoms with E-state index in [-0.39, 0.29) is 12.4 Å². The van der Waals surface area contributed by atoms with Crippen LogP contribution in [-0.2, 0) is 15.7 Å². The molecule has 0 spiro atoms. The summed E-state index contributed by atoms with van der Waals surface area (Å²) in [7, 11) is -4.33. The summed E-state index contributed by atoms with van der Waals surface area (Å²) in [5.74, 6) is 0.134. The molecule has 4 N–H and O–H groups in total. The number of nitrogen functional groups attached to an aromatic ring is 1. The lowest BCUT2D eigenvalue weighted by molar-refractivity contribution is 0.0563. The molecule has 0 aromatic carbocycles. The lowest BCUT2D eigenvalue weighted by atomic mass is 10.1. The van der Waals surface area contributed by atoms with Crippen molar-refractivity contribution in [1.29, 1.82) is 0 Å². The molecule has 0 fully saturated rings. The van der Waals surface area contributed by atoms with E-state index in [2.05, 4.69) is 15.1 Å². The number of nitrogens with two attached hydrogens (primary N) is 1. The van der Waals surface area contributed by atoms with Gasteiger partial charge in [-0.25, -0.2) is 14.4 Å². The maximum Gasteiger partial charge on any atom is 0.350 e. The first kappa shape index (κ1) is 14.8. The number of hydrogen-bond acceptors (Lipinski definition) is 6. The van der Waals surface area contributed by atoms with Crippen LogP contribution in [0.4, 0.5) is 10.3 Å². The third-order valence-electron chi connectivity index (χ3n) is 2.50. The SMILES string of the molecule is Nc1ncnc2c(C[C@H](CF)OCP(=O)(O)O)cnn12. The van der Waals surface area contributed by atoms with Gasteiger partial charge in [-0.1, -0.05) is 0 Å². The van der Waals surface area contributed by atoms with Crippen molar-refractivity contribution in [2.24, 2.45) is 0 Å². The van der Waals surface area contributed by atoms with Crippen LogP contribution in [0, 0.1) is 0 Å². The van der Waals surface area contributed by atoms with E-state index in [0.29, 0.717) is 11.2 Å². The number of halogens is 1. The number of ether oxygens (including phenoxy) is 1. The molecule has 9 nitrogen and oxygen atoms in total. The van der Waals surface area contributed by atoms with Gasteiger partial charge in [-0.3, -0.25) is 4.57 Å². The van der Waals surface area contributed by atoms with Crippen molar-refractivity contribution in [3.05, 3.63) is 18.1 Å². The number of hydrogen-bond donors (Lipinski definition) is 3. The van der Waals surface area contributed by atoms with Crippen molar-refractivity contribution in [2.75, 3.05) is 18.8 Å². The van der Waals surface area contributed by atoms with E-state index in [0.717, 1.165) is 0 Å². The van der Waals surface area contributed by atoms with Gasteiger partial charge in [0.05, 0.1) is 12.3 Å². The molecule has 1 atom stereocenters. The normalized spacial score (nSPS) is 13.8. The molecular formula is C9H13FN5O4P. The third kappa shape index (κ3) is 3.48. The van der Waals surface area contributed by atoms with Gasteiger partial charge in [0.25, 0.3) is 0 Å². The number of anilines is 1. The molecule has 0 saturated carbocycles. The number of rotatable bonds is 6. The van der Waals surface area contributed by atoms with E-state index >= 15 is 0 Å². The second kappa shape index (κ2) is 5.80. The van der Waals surface area contributed by atoms with Crippen LogP contribution in [0.15, 0.2) is 12.5 Å². The molecule has 0 saturated heterocycles. The Hall–Kier alpha value is -1.61. The molecule has 0 aliphatic heterocycles. The summed E-state index contributed by atoms with van der Waals surface area (Å²) in [5.41, 5.74) is 6.54. The lowest BCUT2D eigenvalue weighted by Gasteiger charge is -2.14. The quantitative estimate of drug-likeness (QED) is 0.621. The molecule has 0 aliphatic carbocycles. The highest BCUT2D eigenvalue weighted by molar-refractivity contribution is 7.51. The highest BCUT2D eigenvalue weighted by Crippen LogP contribution is 2.34. The summed E-state index contributed by atoms with van der Waals surface area (Å²) in [6.07, 6.45) is 0.918. The molecule has 0 aliphatic rings. The van der Waals surface area contributed by atoms with E-state index in [1.165, 1.54) is 17.0 Å². The Kier molecular flexibility index (Phi) is 4.29. The van der Waals surface area contributed by atoms with Gasteiger partial charge in [-0.2, -0.15) is 9.61 Å². The average Bonchev–Trinajstić information content (AvgIpc) is 2.78. The first-order valence-corrected chi connectivity index (χ1v) is 7.35. The fraction of sp³-hybridized carbons (Fsp3) is 0.444. The number of nitrogens with zero attached hydrogens (tertiary/aromatic N) is 4. The van der Waals surface area contributed by atoms with Crippen LogP contribution in [0.2, 0.25) is 0 Å². The van der Waals surface area contributed by atoms with Crippen molar-refractivity contribution in [1.82, 2.24) is 19.6 Å². The topological polar surface area (TPSA) is 136 Å².